The maximum absolute atomic E-state index is 7.02. The molecule has 1 aliphatic carbocycles. The molecule has 0 fully saturated rings. The van der Waals surface area contributed by atoms with Crippen LogP contribution >= 0.6 is 23.1 Å². The van der Waals surface area contributed by atoms with Crippen LogP contribution in [0.2, 0.25) is 0 Å². The number of hydrogen-bond acceptors (Lipinski definition) is 7. The van der Waals surface area contributed by atoms with Gasteiger partial charge in [-0.2, -0.15) is 0 Å². The summed E-state index contributed by atoms with van der Waals surface area (Å²) in [6.07, 6.45) is 0. The van der Waals surface area contributed by atoms with Gasteiger partial charge in [0, 0.05) is 119 Å². The van der Waals surface area contributed by atoms with E-state index in [4.69, 9.17) is 8.83 Å². The van der Waals surface area contributed by atoms with Crippen LogP contribution in [0.1, 0.15) is 22.3 Å². The van der Waals surface area contributed by atoms with Gasteiger partial charge >= 0.3 is 0 Å². The monoisotopic (exact) mass is 1530 g/mol. The first-order valence-corrected chi connectivity index (χ1v) is 41.5. The minimum Gasteiger partial charge on any atom is -0.455 e. The first-order valence-electron chi connectivity index (χ1n) is 39.8. The molecule has 1 aliphatic heterocycles. The number of thiophene rings is 1. The van der Waals surface area contributed by atoms with E-state index in [1.165, 1.54) is 68.6 Å². The molecular formula is C109H68N4O2S2. The fraction of sp³-hybridized carbons (Fsp3) is 0.00917. The average molecular weight is 1530 g/mol. The standard InChI is InChI=1S/C109H68N4O2S2/c1-7-29-69(30-8-1)80-55-60-97(105-83-43-21-26-48-99(83)115-108(80)105)111(73-37-15-5-16-38-73)78-53-58-93-103(68-78)117-101-50-28-23-45-92(101)109(93)90-56-51-75(110(72-35-13-4-14-36-72)79-66-85(70-31-9-2-10-32-70)107-89(67-79)82-42-20-25-47-98(82)114-107)63-86(90)87-64-76(52-57-91(87)109)112(77-54-59-95-88(65-77)81-41-19-24-46-94(81)113(95)74-39-17-6-18-40-74)96-61-62-102-106(84-44-22-27-49-100(84)116-102)104(96)71-33-11-3-12-34-71/h1-68H. The number of anilines is 9. The largest absolute Gasteiger partial charge is 0.455 e. The summed E-state index contributed by atoms with van der Waals surface area (Å²) >= 11 is 3.72. The molecule has 8 heteroatoms. The van der Waals surface area contributed by atoms with Crippen molar-refractivity contribution in [2.24, 2.45) is 0 Å². The Morgan fingerprint density at radius 1 is 0.256 bits per heavy atom. The third-order valence-electron chi connectivity index (χ3n) is 24.2. The lowest BCUT2D eigenvalue weighted by atomic mass is 9.67. The normalized spacial score (nSPS) is 13.5. The maximum Gasteiger partial charge on any atom is 0.145 e. The summed E-state index contributed by atoms with van der Waals surface area (Å²) in [7, 11) is 0. The molecule has 548 valence electrons. The number of furan rings is 2. The van der Waals surface area contributed by atoms with Crippen LogP contribution in [-0.2, 0) is 5.41 Å². The highest BCUT2D eigenvalue weighted by Gasteiger charge is 2.51. The van der Waals surface area contributed by atoms with E-state index >= 15 is 0 Å². The minimum absolute atomic E-state index is 0.834. The Hall–Kier alpha value is -14.7. The van der Waals surface area contributed by atoms with Gasteiger partial charge < -0.3 is 28.1 Å². The molecule has 117 heavy (non-hydrogen) atoms. The van der Waals surface area contributed by atoms with E-state index in [-0.39, 0.29) is 0 Å². The molecule has 1 unspecified atom stereocenters. The van der Waals surface area contributed by atoms with Gasteiger partial charge in [-0.1, -0.05) is 267 Å². The van der Waals surface area contributed by atoms with E-state index in [0.717, 1.165) is 151 Å². The topological polar surface area (TPSA) is 40.9 Å². The lowest BCUT2D eigenvalue weighted by molar-refractivity contribution is 0.669. The Labute approximate surface area is 683 Å². The smallest absolute Gasteiger partial charge is 0.145 e. The molecule has 22 aromatic rings. The molecule has 4 aromatic heterocycles. The number of hydrogen-bond donors (Lipinski definition) is 0. The van der Waals surface area contributed by atoms with Gasteiger partial charge in [-0.15, -0.1) is 11.3 Å². The fourth-order valence-electron chi connectivity index (χ4n) is 19.3. The van der Waals surface area contributed by atoms with Crippen LogP contribution in [0.15, 0.2) is 431 Å². The van der Waals surface area contributed by atoms with Gasteiger partial charge in [-0.05, 0) is 208 Å². The highest BCUT2D eigenvalue weighted by molar-refractivity contribution is 7.99. The Kier molecular flexibility index (Phi) is 15.3. The SMILES string of the molecule is c1ccc(-c2cc(N(c3ccccc3)c3ccc4c(c3)-c3cc(N(c5ccc6c(c5)c5ccccc5n6-c5ccccc5)c5ccc6sc7ccccc7c6c5-c5ccccc5)ccc3C43c4ccccc4Sc4cc(N(c5ccccc5)c5ccc(-c6ccccc6)c6oc7ccccc7c56)ccc43)cc3c2oc2ccccc23)cc1. The third kappa shape index (κ3) is 10.4. The average Bonchev–Trinajstić information content (AvgIpc) is 1.54. The van der Waals surface area contributed by atoms with Crippen LogP contribution in [0.5, 0.6) is 0 Å². The molecule has 0 bridgehead atoms. The summed E-state index contributed by atoms with van der Waals surface area (Å²) < 4.78 is 18.8. The number of rotatable bonds is 13. The lowest BCUT2D eigenvalue weighted by Crippen LogP contribution is -2.32. The van der Waals surface area contributed by atoms with E-state index in [1.807, 2.05) is 23.1 Å². The van der Waals surface area contributed by atoms with E-state index in [9.17, 15) is 0 Å². The molecule has 0 radical (unpaired) electrons. The number of benzene rings is 18. The summed E-state index contributed by atoms with van der Waals surface area (Å²) in [5, 5.41) is 9.06. The van der Waals surface area contributed by atoms with Crippen molar-refractivity contribution in [3.8, 4) is 50.2 Å². The zero-order chi connectivity index (χ0) is 76.8. The molecule has 0 N–H and O–H groups in total. The number of para-hydroxylation sites is 6. The van der Waals surface area contributed by atoms with Gasteiger partial charge in [0.25, 0.3) is 0 Å². The van der Waals surface area contributed by atoms with Crippen LogP contribution in [-0.4, -0.2) is 4.57 Å². The zero-order valence-corrected chi connectivity index (χ0v) is 64.8. The van der Waals surface area contributed by atoms with Gasteiger partial charge in [0.1, 0.15) is 22.3 Å². The molecule has 0 saturated heterocycles. The Morgan fingerprint density at radius 3 is 1.46 bits per heavy atom. The second-order valence-corrected chi connectivity index (χ2v) is 32.7. The van der Waals surface area contributed by atoms with E-state index in [0.29, 0.717) is 0 Å². The third-order valence-corrected chi connectivity index (χ3v) is 26.4. The summed E-state index contributed by atoms with van der Waals surface area (Å²) in [6.45, 7) is 0. The number of fused-ring (bicyclic) bond motifs is 21. The Morgan fingerprint density at radius 2 is 0.744 bits per heavy atom. The molecule has 0 amide bonds. The van der Waals surface area contributed by atoms with Gasteiger partial charge in [-0.25, -0.2) is 0 Å². The lowest BCUT2D eigenvalue weighted by Gasteiger charge is -2.40. The number of nitrogens with zero attached hydrogens (tertiary/aromatic N) is 4. The second kappa shape index (κ2) is 26.7. The van der Waals surface area contributed by atoms with Crippen LogP contribution in [0.3, 0.4) is 0 Å². The van der Waals surface area contributed by atoms with Crippen LogP contribution in [0.4, 0.5) is 51.2 Å². The van der Waals surface area contributed by atoms with Crippen LogP contribution in [0, 0.1) is 0 Å². The first-order chi connectivity index (χ1) is 58.0. The van der Waals surface area contributed by atoms with Crippen molar-refractivity contribution < 1.29 is 8.83 Å². The molecule has 1 atom stereocenters. The summed E-state index contributed by atoms with van der Waals surface area (Å²) in [4.78, 5) is 9.83. The van der Waals surface area contributed by atoms with Gasteiger partial charge in [0.2, 0.25) is 0 Å². The predicted octanol–water partition coefficient (Wildman–Crippen LogP) is 31.2. The van der Waals surface area contributed by atoms with Crippen molar-refractivity contribution in [2.45, 2.75) is 15.2 Å². The zero-order valence-electron chi connectivity index (χ0n) is 63.2. The van der Waals surface area contributed by atoms with Crippen LogP contribution in [0.25, 0.3) is 136 Å². The quantitative estimate of drug-likeness (QED) is 0.115. The number of aromatic nitrogens is 1. The van der Waals surface area contributed by atoms with E-state index in [1.54, 1.807) is 0 Å². The predicted molar refractivity (Wildman–Crippen MR) is 490 cm³/mol. The minimum atomic E-state index is -0.834. The maximum atomic E-state index is 7.02. The highest BCUT2D eigenvalue weighted by Crippen LogP contribution is 2.65. The molecule has 0 saturated carbocycles. The van der Waals surface area contributed by atoms with Crippen molar-refractivity contribution in [1.29, 1.82) is 0 Å². The summed E-state index contributed by atoms with van der Waals surface area (Å²) in [6, 6.07) is 152. The van der Waals surface area contributed by atoms with Crippen molar-refractivity contribution in [3.63, 3.8) is 0 Å². The molecule has 24 rings (SSSR count). The Balaban J connectivity index is 0.782. The summed E-state index contributed by atoms with van der Waals surface area (Å²) in [5.74, 6) is 0. The molecule has 5 heterocycles. The molecular weight excluding hydrogens is 1460 g/mol. The van der Waals surface area contributed by atoms with Crippen molar-refractivity contribution in [1.82, 2.24) is 4.57 Å². The van der Waals surface area contributed by atoms with Gasteiger partial charge in [0.15, 0.2) is 0 Å². The summed E-state index contributed by atoms with van der Waals surface area (Å²) in [5.41, 5.74) is 29.0. The highest BCUT2D eigenvalue weighted by atomic mass is 32.2. The van der Waals surface area contributed by atoms with Crippen LogP contribution < -0.4 is 14.7 Å². The van der Waals surface area contributed by atoms with E-state index < -0.39 is 5.41 Å². The molecule has 18 aromatic carbocycles. The Bertz CT molecular complexity index is 7750. The van der Waals surface area contributed by atoms with Crippen molar-refractivity contribution >= 4 is 160 Å². The first kappa shape index (κ1) is 66.9. The second-order valence-electron chi connectivity index (χ2n) is 30.5. The van der Waals surface area contributed by atoms with E-state index in [2.05, 4.69) is 432 Å². The molecule has 1 spiro atoms. The molecule has 2 aliphatic rings. The fourth-order valence-corrected chi connectivity index (χ4v) is 21.6. The van der Waals surface area contributed by atoms with Crippen molar-refractivity contribution in [3.05, 3.63) is 435 Å². The van der Waals surface area contributed by atoms with Crippen molar-refractivity contribution in [2.75, 3.05) is 14.7 Å². The molecule has 6 nitrogen and oxygen atoms in total. The van der Waals surface area contributed by atoms with Gasteiger partial charge in [-0.3, -0.25) is 0 Å². The van der Waals surface area contributed by atoms with Gasteiger partial charge in [0.05, 0.1) is 33.2 Å².